The lowest BCUT2D eigenvalue weighted by atomic mass is 9.97. The van der Waals surface area contributed by atoms with Gasteiger partial charge in [0.15, 0.2) is 29.1 Å². The molecule has 0 bridgehead atoms. The van der Waals surface area contributed by atoms with E-state index in [1.807, 2.05) is 167 Å². The third-order valence-electron chi connectivity index (χ3n) is 25.4. The summed E-state index contributed by atoms with van der Waals surface area (Å²) in [6, 6.07) is 22.8. The van der Waals surface area contributed by atoms with E-state index in [2.05, 4.69) is 82.3 Å². The summed E-state index contributed by atoms with van der Waals surface area (Å²) < 4.78 is 145. The average molecular weight is 1660 g/mol. The lowest BCUT2D eigenvalue weighted by Crippen LogP contribution is -2.36. The summed E-state index contributed by atoms with van der Waals surface area (Å²) in [5, 5.41) is 0. The first-order valence-electron chi connectivity index (χ1n) is 39.7. The van der Waals surface area contributed by atoms with Crippen molar-refractivity contribution in [3.63, 3.8) is 0 Å². The van der Waals surface area contributed by atoms with Crippen LogP contribution < -0.4 is 49.0 Å². The molecule has 0 fully saturated rings. The minimum atomic E-state index is -0.823. The standard InChI is InChI=1S/2C20H21F2N3.3C19H19F2N3/c1-10-8-16(13(4)12(3)11(10)2)25-14(5)24(7)20-17(25)9-15(21)19(23-6)18(20)22;1-10-8-11(2)19(13(4)12(10)3)25-14(5)24(7)20-16(25)9-15(21)18(23-6)17(20)22;1-10-7-11(2)12(3)15(8-10)24-13(4)23(6)19-16(24)9-14(20)18(22-5)17(19)21;1-10-7-11(2)18(12(3)8-10)24-13(4)23(6)19-15(24)9-14(20)17(22-5)16(19)21;1-10-7-8-11(2)18(12(10)3)24-13(4)23(6)19-15(24)9-14(20)17(22-5)16(19)21/h2*8-9,14H,1-5,7H3;3*7-9,13H,1-4,6H3/t2*14-;3*13-/m00000/s1. The van der Waals surface area contributed by atoms with E-state index < -0.39 is 86.6 Å². The zero-order chi connectivity index (χ0) is 90.5. The molecule has 0 aromatic heterocycles. The molecule has 0 saturated heterocycles. The fourth-order valence-electron chi connectivity index (χ4n) is 17.6. The lowest BCUT2D eigenvalue weighted by molar-refractivity contribution is 0.593. The summed E-state index contributed by atoms with van der Waals surface area (Å²) in [5.41, 5.74) is 24.6. The van der Waals surface area contributed by atoms with Gasteiger partial charge in [0.25, 0.3) is 28.4 Å². The molecule has 0 unspecified atom stereocenters. The fourth-order valence-corrected chi connectivity index (χ4v) is 17.6. The van der Waals surface area contributed by atoms with Crippen molar-refractivity contribution in [2.45, 2.75) is 183 Å². The van der Waals surface area contributed by atoms with Gasteiger partial charge in [-0.25, -0.2) is 68.1 Å². The molecule has 5 heterocycles. The molecule has 5 atom stereocenters. The molecule has 25 heteroatoms. The van der Waals surface area contributed by atoms with Crippen LogP contribution in [0.1, 0.15) is 129 Å². The highest BCUT2D eigenvalue weighted by atomic mass is 19.2. The van der Waals surface area contributed by atoms with Crippen LogP contribution in [-0.4, -0.2) is 66.1 Å². The van der Waals surface area contributed by atoms with Crippen LogP contribution in [0.5, 0.6) is 0 Å². The van der Waals surface area contributed by atoms with Gasteiger partial charge in [0, 0.05) is 63.7 Å². The molecule has 5 aliphatic rings. The Morgan fingerprint density at radius 1 is 0.221 bits per heavy atom. The number of halogens is 10. The SMILES string of the molecule is [C-]#[N+]c1c(F)cc2c(c1F)N(C)[C@H](C)N2c1c(C)cc(C)c(C)c1C.[C-]#[N+]c1c(F)cc2c(c1F)N(C)[C@H](C)N2c1c(C)cc(C)cc1C.[C-]#[N+]c1c(F)cc2c(c1F)N(C)[C@H](C)N2c1c(C)ccc(C)c1C.[C-]#[N+]c1c(F)cc2c(c1F)N(C)[C@H](C)N2c1cc(C)c(C)c(C)c1C.[C-]#[N+]c1c(F)cc2c(c1F)N(C)[C@H](C)N2c1cc(C)cc(C)c1C. The molecule has 10 aromatic rings. The maximum atomic E-state index is 14.8. The Hall–Kier alpha value is -13.1. The normalized spacial score (nSPS) is 16.3. The van der Waals surface area contributed by atoms with Crippen LogP contribution in [0.2, 0.25) is 0 Å². The molecule has 0 spiro atoms. The summed E-state index contributed by atoms with van der Waals surface area (Å²) >= 11 is 0. The summed E-state index contributed by atoms with van der Waals surface area (Å²) in [6.45, 7) is 79.4. The molecule has 0 N–H and O–H groups in total. The summed E-state index contributed by atoms with van der Waals surface area (Å²) in [7, 11) is 8.82. The van der Waals surface area contributed by atoms with Crippen LogP contribution >= 0.6 is 0 Å². The van der Waals surface area contributed by atoms with Gasteiger partial charge in [0.2, 0.25) is 0 Å². The quantitative estimate of drug-likeness (QED) is 0.123. The van der Waals surface area contributed by atoms with Crippen molar-refractivity contribution in [3.8, 4) is 0 Å². The maximum absolute atomic E-state index is 14.8. The lowest BCUT2D eigenvalue weighted by Gasteiger charge is -2.31. The highest BCUT2D eigenvalue weighted by Gasteiger charge is 2.44. The van der Waals surface area contributed by atoms with Gasteiger partial charge in [0.1, 0.15) is 59.9 Å². The maximum Gasteiger partial charge on any atom is 0.259 e. The molecule has 0 saturated carbocycles. The molecule has 10 aromatic carbocycles. The van der Waals surface area contributed by atoms with E-state index in [9.17, 15) is 43.9 Å². The molecule has 15 nitrogen and oxygen atoms in total. The first-order valence-corrected chi connectivity index (χ1v) is 39.7. The molecular weight excluding hydrogens is 1570 g/mol. The predicted octanol–water partition coefficient (Wildman–Crippen LogP) is 27.5. The topological polar surface area (TPSA) is 54.2 Å². The van der Waals surface area contributed by atoms with Crippen LogP contribution in [0.3, 0.4) is 0 Å². The Kier molecular flexibility index (Phi) is 24.9. The van der Waals surface area contributed by atoms with E-state index in [4.69, 9.17) is 32.9 Å². The summed E-state index contributed by atoms with van der Waals surface area (Å²) in [6.07, 6.45) is -0.937. The van der Waals surface area contributed by atoms with E-state index in [1.165, 1.54) is 52.6 Å². The minimum absolute atomic E-state index is 0.185. The predicted molar refractivity (Wildman–Crippen MR) is 476 cm³/mol. The van der Waals surface area contributed by atoms with Gasteiger partial charge in [-0.1, -0.05) is 42.0 Å². The monoisotopic (exact) mass is 1660 g/mol. The van der Waals surface area contributed by atoms with Crippen LogP contribution in [0.4, 0.5) is 158 Å². The van der Waals surface area contributed by atoms with Crippen LogP contribution in [0, 0.1) is 209 Å². The zero-order valence-corrected chi connectivity index (χ0v) is 73.9. The molecule has 0 amide bonds. The van der Waals surface area contributed by atoms with Gasteiger partial charge in [-0.2, -0.15) is 0 Å². The van der Waals surface area contributed by atoms with Crippen molar-refractivity contribution in [1.82, 2.24) is 0 Å². The Balaban J connectivity index is 0.000000149. The molecule has 122 heavy (non-hydrogen) atoms. The van der Waals surface area contributed by atoms with Crippen molar-refractivity contribution in [3.05, 3.63) is 289 Å². The van der Waals surface area contributed by atoms with Gasteiger partial charge in [-0.3, -0.25) is 0 Å². The molecule has 0 aliphatic carbocycles. The van der Waals surface area contributed by atoms with Gasteiger partial charge in [0.05, 0.1) is 89.7 Å². The Labute approximate surface area is 710 Å². The second kappa shape index (κ2) is 33.9. The van der Waals surface area contributed by atoms with Gasteiger partial charge in [-0.15, -0.1) is 0 Å². The second-order valence-corrected chi connectivity index (χ2v) is 32.4. The third kappa shape index (κ3) is 14.7. The van der Waals surface area contributed by atoms with E-state index in [0.29, 0.717) is 28.4 Å². The first kappa shape index (κ1) is 89.7. The van der Waals surface area contributed by atoms with E-state index in [-0.39, 0.29) is 59.3 Å². The number of anilines is 15. The number of hydrogen-bond acceptors (Lipinski definition) is 10. The summed E-state index contributed by atoms with van der Waals surface area (Å²) in [4.78, 5) is 33.6. The summed E-state index contributed by atoms with van der Waals surface area (Å²) in [5.74, 6) is -8.07. The second-order valence-electron chi connectivity index (χ2n) is 32.4. The average Bonchev–Trinajstić information content (AvgIpc) is 1.62. The first-order chi connectivity index (χ1) is 57.2. The number of hydrogen-bond donors (Lipinski definition) is 0. The van der Waals surface area contributed by atoms with Crippen LogP contribution in [0.15, 0.2) is 78.9 Å². The van der Waals surface area contributed by atoms with Gasteiger partial charge >= 0.3 is 0 Å². The van der Waals surface area contributed by atoms with Crippen LogP contribution in [0.25, 0.3) is 24.2 Å². The number of aryl methyl sites for hydroxylation is 10. The fraction of sp³-hybridized carbons (Fsp3) is 0.330. The van der Waals surface area contributed by atoms with Gasteiger partial charge in [-0.05, 0) is 284 Å². The number of nitrogens with zero attached hydrogens (tertiary/aromatic N) is 15. The van der Waals surface area contributed by atoms with E-state index in [0.717, 1.165) is 101 Å². The van der Waals surface area contributed by atoms with Crippen molar-refractivity contribution < 1.29 is 43.9 Å². The van der Waals surface area contributed by atoms with Crippen molar-refractivity contribution in [1.29, 1.82) is 0 Å². The molecule has 15 rings (SSSR count). The van der Waals surface area contributed by atoms with Crippen LogP contribution in [-0.2, 0) is 0 Å². The van der Waals surface area contributed by atoms with Crippen molar-refractivity contribution >= 4 is 114 Å². The minimum Gasteiger partial charge on any atom is -0.351 e. The highest BCUT2D eigenvalue weighted by molar-refractivity contribution is 5.94. The molecule has 0 radical (unpaired) electrons. The Bertz CT molecular complexity index is 6220. The number of benzene rings is 10. The number of fused-ring (bicyclic) bond motifs is 5. The Morgan fingerprint density at radius 3 is 0.803 bits per heavy atom. The van der Waals surface area contributed by atoms with E-state index in [1.54, 1.807) is 59.7 Å². The Morgan fingerprint density at radius 2 is 0.467 bits per heavy atom. The number of rotatable bonds is 5. The molecule has 5 aliphatic heterocycles. The largest absolute Gasteiger partial charge is 0.351 e. The van der Waals surface area contributed by atoms with Crippen molar-refractivity contribution in [2.24, 2.45) is 0 Å². The zero-order valence-electron chi connectivity index (χ0n) is 73.9. The smallest absolute Gasteiger partial charge is 0.259 e. The van der Waals surface area contributed by atoms with Crippen molar-refractivity contribution in [2.75, 3.05) is 84.2 Å². The highest BCUT2D eigenvalue weighted by Crippen LogP contribution is 2.56. The third-order valence-corrected chi connectivity index (χ3v) is 25.4. The van der Waals surface area contributed by atoms with E-state index >= 15 is 0 Å². The van der Waals surface area contributed by atoms with Gasteiger partial charge < -0.3 is 49.0 Å². The molecular formula is C97H99F10N15. The molecule has 632 valence electrons.